The molecule has 0 aliphatic heterocycles. The molecule has 1 aliphatic carbocycles. The first-order chi connectivity index (χ1) is 8.97. The summed E-state index contributed by atoms with van der Waals surface area (Å²) in [6.07, 6.45) is 4.17. The molecule has 4 N–H and O–H groups in total. The van der Waals surface area contributed by atoms with Gasteiger partial charge in [0.2, 0.25) is 5.91 Å². The standard InChI is InChI=1S/C14H28N2O3/c1-10(2)16-8-12(17)9-19-13-5-3-11(4-6-13)7-14(15)18/h10-13,16-17H,3-9H2,1-2H3,(H2,15,18). The Kier molecular flexibility index (Phi) is 7.34. The maximum Gasteiger partial charge on any atom is 0.217 e. The summed E-state index contributed by atoms with van der Waals surface area (Å²) in [4.78, 5) is 10.8. The lowest BCUT2D eigenvalue weighted by Gasteiger charge is -2.28. The normalized spacial score (nSPS) is 25.5. The van der Waals surface area contributed by atoms with Gasteiger partial charge in [0.1, 0.15) is 0 Å². The van der Waals surface area contributed by atoms with Crippen LogP contribution < -0.4 is 11.1 Å². The summed E-state index contributed by atoms with van der Waals surface area (Å²) in [5.41, 5.74) is 5.20. The highest BCUT2D eigenvalue weighted by molar-refractivity contribution is 5.73. The van der Waals surface area contributed by atoms with Crippen LogP contribution in [-0.4, -0.2) is 42.4 Å². The lowest BCUT2D eigenvalue weighted by atomic mass is 9.85. The number of hydrogen-bond acceptors (Lipinski definition) is 4. The fourth-order valence-corrected chi connectivity index (χ4v) is 2.46. The van der Waals surface area contributed by atoms with Gasteiger partial charge in [-0.05, 0) is 31.6 Å². The van der Waals surface area contributed by atoms with E-state index in [4.69, 9.17) is 10.5 Å². The fraction of sp³-hybridized carbons (Fsp3) is 0.929. The monoisotopic (exact) mass is 272 g/mol. The first kappa shape index (κ1) is 16.4. The van der Waals surface area contributed by atoms with Crippen LogP contribution in [0.5, 0.6) is 0 Å². The molecule has 0 spiro atoms. The summed E-state index contributed by atoms with van der Waals surface area (Å²) >= 11 is 0. The van der Waals surface area contributed by atoms with Gasteiger partial charge in [-0.15, -0.1) is 0 Å². The van der Waals surface area contributed by atoms with Gasteiger partial charge in [0.05, 0.1) is 18.8 Å². The summed E-state index contributed by atoms with van der Waals surface area (Å²) in [6, 6.07) is 0.374. The number of hydrogen-bond donors (Lipinski definition) is 3. The molecule has 0 bridgehead atoms. The van der Waals surface area contributed by atoms with Gasteiger partial charge in [-0.1, -0.05) is 13.8 Å². The largest absolute Gasteiger partial charge is 0.389 e. The van der Waals surface area contributed by atoms with Crippen molar-refractivity contribution in [2.45, 2.75) is 64.2 Å². The minimum Gasteiger partial charge on any atom is -0.389 e. The second kappa shape index (κ2) is 8.51. The van der Waals surface area contributed by atoms with Crippen LogP contribution in [0.15, 0.2) is 0 Å². The molecule has 0 radical (unpaired) electrons. The lowest BCUT2D eigenvalue weighted by molar-refractivity contribution is -0.119. The maximum absolute atomic E-state index is 10.8. The predicted molar refractivity (Wildman–Crippen MR) is 74.7 cm³/mol. The third-order valence-corrected chi connectivity index (χ3v) is 3.57. The zero-order valence-electron chi connectivity index (χ0n) is 12.1. The van der Waals surface area contributed by atoms with Crippen LogP contribution in [0.25, 0.3) is 0 Å². The lowest BCUT2D eigenvalue weighted by Crippen LogP contribution is -2.36. The molecule has 0 aromatic heterocycles. The summed E-state index contributed by atoms with van der Waals surface area (Å²) < 4.78 is 5.72. The van der Waals surface area contributed by atoms with Crippen molar-refractivity contribution in [3.8, 4) is 0 Å². The molecule has 5 heteroatoms. The van der Waals surface area contributed by atoms with Crippen molar-refractivity contribution >= 4 is 5.91 Å². The molecule has 1 fully saturated rings. The predicted octanol–water partition coefficient (Wildman–Crippen LogP) is 0.796. The molecule has 1 rings (SSSR count). The van der Waals surface area contributed by atoms with E-state index >= 15 is 0 Å². The third-order valence-electron chi connectivity index (χ3n) is 3.57. The van der Waals surface area contributed by atoms with Gasteiger partial charge < -0.3 is 20.9 Å². The number of carbonyl (C=O) groups excluding carboxylic acids is 1. The number of nitrogens with one attached hydrogen (secondary N) is 1. The Hall–Kier alpha value is -0.650. The van der Waals surface area contributed by atoms with Crippen molar-refractivity contribution in [2.24, 2.45) is 11.7 Å². The maximum atomic E-state index is 10.8. The summed E-state index contributed by atoms with van der Waals surface area (Å²) in [6.45, 7) is 5.04. The Balaban J connectivity index is 2.10. The number of ether oxygens (including phenoxy) is 1. The molecule has 19 heavy (non-hydrogen) atoms. The number of carbonyl (C=O) groups is 1. The Morgan fingerprint density at radius 2 is 2.00 bits per heavy atom. The van der Waals surface area contributed by atoms with Crippen LogP contribution in [-0.2, 0) is 9.53 Å². The third kappa shape index (κ3) is 7.50. The van der Waals surface area contributed by atoms with Gasteiger partial charge >= 0.3 is 0 Å². The van der Waals surface area contributed by atoms with Crippen molar-refractivity contribution in [1.29, 1.82) is 0 Å². The fourth-order valence-electron chi connectivity index (χ4n) is 2.46. The summed E-state index contributed by atoms with van der Waals surface area (Å²) in [5.74, 6) is 0.212. The average molecular weight is 272 g/mol. The van der Waals surface area contributed by atoms with Gasteiger partial charge in [-0.25, -0.2) is 0 Å². The van der Waals surface area contributed by atoms with E-state index in [1.54, 1.807) is 0 Å². The minimum absolute atomic E-state index is 0.209. The Bertz CT molecular complexity index is 263. The van der Waals surface area contributed by atoms with Gasteiger partial charge in [-0.2, -0.15) is 0 Å². The molecule has 112 valence electrons. The topological polar surface area (TPSA) is 84.6 Å². The van der Waals surface area contributed by atoms with Crippen molar-refractivity contribution < 1.29 is 14.6 Å². The van der Waals surface area contributed by atoms with Crippen molar-refractivity contribution in [2.75, 3.05) is 13.2 Å². The van der Waals surface area contributed by atoms with Crippen molar-refractivity contribution in [3.63, 3.8) is 0 Å². The van der Waals surface area contributed by atoms with Crippen LogP contribution in [0.4, 0.5) is 0 Å². The quantitative estimate of drug-likeness (QED) is 0.610. The first-order valence-corrected chi connectivity index (χ1v) is 7.28. The zero-order valence-corrected chi connectivity index (χ0v) is 12.1. The van der Waals surface area contributed by atoms with Crippen molar-refractivity contribution in [3.05, 3.63) is 0 Å². The highest BCUT2D eigenvalue weighted by atomic mass is 16.5. The van der Waals surface area contributed by atoms with Crippen molar-refractivity contribution in [1.82, 2.24) is 5.32 Å². The van der Waals surface area contributed by atoms with Crippen LogP contribution in [0.3, 0.4) is 0 Å². The molecule has 5 nitrogen and oxygen atoms in total. The number of nitrogens with two attached hydrogens (primary N) is 1. The number of primary amides is 1. The molecule has 1 atom stereocenters. The Morgan fingerprint density at radius 1 is 1.37 bits per heavy atom. The van der Waals surface area contributed by atoms with Gasteiger partial charge in [0.15, 0.2) is 0 Å². The van der Waals surface area contributed by atoms with E-state index < -0.39 is 6.10 Å². The van der Waals surface area contributed by atoms with Crippen LogP contribution in [0.2, 0.25) is 0 Å². The van der Waals surface area contributed by atoms with E-state index in [1.807, 2.05) is 13.8 Å². The van der Waals surface area contributed by atoms with E-state index in [9.17, 15) is 9.90 Å². The number of rotatable bonds is 8. The molecule has 1 unspecified atom stereocenters. The van der Waals surface area contributed by atoms with Crippen LogP contribution >= 0.6 is 0 Å². The Labute approximate surface area is 115 Å². The van der Waals surface area contributed by atoms with Crippen LogP contribution in [0.1, 0.15) is 46.0 Å². The molecule has 0 aromatic rings. The SMILES string of the molecule is CC(C)NCC(O)COC1CCC(CC(N)=O)CC1. The molecular formula is C14H28N2O3. The van der Waals surface area contributed by atoms with E-state index in [-0.39, 0.29) is 12.0 Å². The molecule has 1 saturated carbocycles. The molecule has 1 amide bonds. The average Bonchev–Trinajstić information content (AvgIpc) is 2.35. The van der Waals surface area contributed by atoms with E-state index in [2.05, 4.69) is 5.32 Å². The van der Waals surface area contributed by atoms with Gasteiger partial charge in [0.25, 0.3) is 0 Å². The van der Waals surface area contributed by atoms with E-state index in [0.29, 0.717) is 31.5 Å². The molecular weight excluding hydrogens is 244 g/mol. The smallest absolute Gasteiger partial charge is 0.217 e. The molecule has 0 saturated heterocycles. The van der Waals surface area contributed by atoms with Crippen LogP contribution in [0, 0.1) is 5.92 Å². The number of aliphatic hydroxyl groups is 1. The summed E-state index contributed by atoms with van der Waals surface area (Å²) in [7, 11) is 0. The molecule has 0 aromatic carbocycles. The van der Waals surface area contributed by atoms with Gasteiger partial charge in [-0.3, -0.25) is 4.79 Å². The number of aliphatic hydroxyl groups excluding tert-OH is 1. The highest BCUT2D eigenvalue weighted by Gasteiger charge is 2.23. The van der Waals surface area contributed by atoms with E-state index in [1.165, 1.54) is 0 Å². The zero-order chi connectivity index (χ0) is 14.3. The highest BCUT2D eigenvalue weighted by Crippen LogP contribution is 2.28. The first-order valence-electron chi connectivity index (χ1n) is 7.28. The van der Waals surface area contributed by atoms with Gasteiger partial charge in [0, 0.05) is 19.0 Å². The molecule has 1 aliphatic rings. The minimum atomic E-state index is -0.453. The molecule has 0 heterocycles. The summed E-state index contributed by atoms with van der Waals surface area (Å²) in [5, 5.41) is 12.9. The second-order valence-electron chi connectivity index (χ2n) is 5.86. The van der Waals surface area contributed by atoms with E-state index in [0.717, 1.165) is 25.7 Å². The Morgan fingerprint density at radius 3 is 2.53 bits per heavy atom. The second-order valence-corrected chi connectivity index (χ2v) is 5.86. The number of amides is 1.